The number of carbonyl (C=O) groups excluding carboxylic acids is 3. The van der Waals surface area contributed by atoms with Crippen molar-refractivity contribution in [2.75, 3.05) is 13.6 Å². The second-order valence-corrected chi connectivity index (χ2v) is 7.01. The summed E-state index contributed by atoms with van der Waals surface area (Å²) < 4.78 is 0. The van der Waals surface area contributed by atoms with Crippen molar-refractivity contribution in [1.82, 2.24) is 16.0 Å². The maximum Gasteiger partial charge on any atom is 0.243 e. The molecule has 0 aliphatic heterocycles. The van der Waals surface area contributed by atoms with Gasteiger partial charge in [-0.1, -0.05) is 41.0 Å². The summed E-state index contributed by atoms with van der Waals surface area (Å²) in [6.45, 7) is 10.1. The SMILES string of the molecule is CC[C@H](C)C(C)C(=O)N[C@@H](C(=O)N[C@H](CCCN)C(=O)NC)C(C)C. The summed E-state index contributed by atoms with van der Waals surface area (Å²) in [5, 5.41) is 8.14. The minimum atomic E-state index is -0.677. The molecule has 0 aliphatic carbocycles. The van der Waals surface area contributed by atoms with E-state index in [4.69, 9.17) is 5.73 Å². The summed E-state index contributed by atoms with van der Waals surface area (Å²) in [6.07, 6.45) is 1.98. The number of amides is 3. The molecule has 0 saturated heterocycles. The quantitative estimate of drug-likeness (QED) is 0.438. The second kappa shape index (κ2) is 11.8. The van der Waals surface area contributed by atoms with Crippen LogP contribution in [0, 0.1) is 17.8 Å². The van der Waals surface area contributed by atoms with Gasteiger partial charge in [-0.3, -0.25) is 14.4 Å². The smallest absolute Gasteiger partial charge is 0.243 e. The van der Waals surface area contributed by atoms with E-state index in [1.54, 1.807) is 0 Å². The lowest BCUT2D eigenvalue weighted by Gasteiger charge is -2.27. The molecule has 0 aromatic rings. The van der Waals surface area contributed by atoms with E-state index in [9.17, 15) is 14.4 Å². The molecule has 7 nitrogen and oxygen atoms in total. The Balaban J connectivity index is 5.03. The Morgan fingerprint density at radius 1 is 0.960 bits per heavy atom. The molecule has 146 valence electrons. The van der Waals surface area contributed by atoms with E-state index >= 15 is 0 Å². The topological polar surface area (TPSA) is 113 Å². The van der Waals surface area contributed by atoms with Crippen molar-refractivity contribution in [3.63, 3.8) is 0 Å². The third-order valence-electron chi connectivity index (χ3n) is 4.73. The first-order chi connectivity index (χ1) is 11.7. The zero-order valence-electron chi connectivity index (χ0n) is 16.5. The lowest BCUT2D eigenvalue weighted by molar-refractivity contribution is -0.134. The molecule has 0 radical (unpaired) electrons. The first kappa shape index (κ1) is 23.4. The molecule has 0 aromatic heterocycles. The Morgan fingerprint density at radius 3 is 2.00 bits per heavy atom. The standard InChI is InChI=1S/C18H36N4O3/c1-7-12(4)13(5)16(23)22-15(11(2)3)18(25)21-14(9-8-10-19)17(24)20-6/h11-15H,7-10,19H2,1-6H3,(H,20,24)(H,21,25)(H,22,23)/t12-,13?,14+,15+/m0/s1. The molecule has 25 heavy (non-hydrogen) atoms. The van der Waals surface area contributed by atoms with Crippen molar-refractivity contribution >= 4 is 17.7 Å². The zero-order valence-corrected chi connectivity index (χ0v) is 16.5. The van der Waals surface area contributed by atoms with E-state index in [2.05, 4.69) is 16.0 Å². The summed E-state index contributed by atoms with van der Waals surface area (Å²) in [7, 11) is 1.53. The third-order valence-corrected chi connectivity index (χ3v) is 4.73. The maximum atomic E-state index is 12.6. The Hall–Kier alpha value is -1.63. The zero-order chi connectivity index (χ0) is 19.6. The monoisotopic (exact) mass is 356 g/mol. The highest BCUT2D eigenvalue weighted by atomic mass is 16.2. The number of hydrogen-bond donors (Lipinski definition) is 4. The highest BCUT2D eigenvalue weighted by molar-refractivity contribution is 5.92. The van der Waals surface area contributed by atoms with Gasteiger partial charge in [0.25, 0.3) is 0 Å². The number of likely N-dealkylation sites (N-methyl/N-ethyl adjacent to an activating group) is 1. The van der Waals surface area contributed by atoms with Gasteiger partial charge in [0.1, 0.15) is 12.1 Å². The predicted molar refractivity (Wildman–Crippen MR) is 99.7 cm³/mol. The highest BCUT2D eigenvalue weighted by Gasteiger charge is 2.30. The van der Waals surface area contributed by atoms with Crippen LogP contribution in [0.15, 0.2) is 0 Å². The lowest BCUT2D eigenvalue weighted by Crippen LogP contribution is -2.56. The Labute approximate surface area is 151 Å². The Kier molecular flexibility index (Phi) is 11.1. The average molecular weight is 357 g/mol. The van der Waals surface area contributed by atoms with Gasteiger partial charge in [-0.05, 0) is 31.2 Å². The first-order valence-corrected chi connectivity index (χ1v) is 9.21. The maximum absolute atomic E-state index is 12.6. The molecule has 0 heterocycles. The van der Waals surface area contributed by atoms with Crippen LogP contribution in [0.3, 0.4) is 0 Å². The first-order valence-electron chi connectivity index (χ1n) is 9.21. The van der Waals surface area contributed by atoms with Crippen LogP contribution >= 0.6 is 0 Å². The summed E-state index contributed by atoms with van der Waals surface area (Å²) in [6, 6.07) is -1.32. The van der Waals surface area contributed by atoms with Crippen molar-refractivity contribution in [2.24, 2.45) is 23.5 Å². The third kappa shape index (κ3) is 7.86. The highest BCUT2D eigenvalue weighted by Crippen LogP contribution is 2.15. The summed E-state index contributed by atoms with van der Waals surface area (Å²) in [5.74, 6) is -0.770. The van der Waals surface area contributed by atoms with Crippen molar-refractivity contribution in [2.45, 2.75) is 66.0 Å². The largest absolute Gasteiger partial charge is 0.357 e. The Bertz CT molecular complexity index is 440. The molecule has 0 aromatic carbocycles. The fourth-order valence-electron chi connectivity index (χ4n) is 2.46. The van der Waals surface area contributed by atoms with Crippen LogP contribution in [0.1, 0.15) is 53.9 Å². The number of carbonyl (C=O) groups is 3. The molecular formula is C18H36N4O3. The van der Waals surface area contributed by atoms with Gasteiger partial charge < -0.3 is 21.7 Å². The molecule has 1 unspecified atom stereocenters. The molecule has 0 rings (SSSR count). The van der Waals surface area contributed by atoms with Gasteiger partial charge in [-0.15, -0.1) is 0 Å². The summed E-state index contributed by atoms with van der Waals surface area (Å²) in [5.41, 5.74) is 5.50. The van der Waals surface area contributed by atoms with Gasteiger partial charge in [-0.25, -0.2) is 0 Å². The van der Waals surface area contributed by atoms with Crippen molar-refractivity contribution in [3.05, 3.63) is 0 Å². The van der Waals surface area contributed by atoms with Gasteiger partial charge >= 0.3 is 0 Å². The molecule has 0 aliphatic rings. The van der Waals surface area contributed by atoms with Crippen LogP contribution in [0.25, 0.3) is 0 Å². The number of hydrogen-bond acceptors (Lipinski definition) is 4. The fourth-order valence-corrected chi connectivity index (χ4v) is 2.46. The van der Waals surface area contributed by atoms with Crippen LogP contribution in [-0.2, 0) is 14.4 Å². The van der Waals surface area contributed by atoms with Crippen molar-refractivity contribution in [3.8, 4) is 0 Å². The number of rotatable bonds is 11. The van der Waals surface area contributed by atoms with Gasteiger partial charge in [0.05, 0.1) is 0 Å². The molecule has 5 N–H and O–H groups in total. The van der Waals surface area contributed by atoms with Crippen LogP contribution in [0.2, 0.25) is 0 Å². The van der Waals surface area contributed by atoms with E-state index < -0.39 is 12.1 Å². The Morgan fingerprint density at radius 2 is 1.56 bits per heavy atom. The van der Waals surface area contributed by atoms with Crippen LogP contribution in [-0.4, -0.2) is 43.4 Å². The van der Waals surface area contributed by atoms with Gasteiger partial charge in [0.2, 0.25) is 17.7 Å². The molecule has 0 spiro atoms. The molecule has 4 atom stereocenters. The van der Waals surface area contributed by atoms with Gasteiger partial charge in [-0.2, -0.15) is 0 Å². The summed E-state index contributed by atoms with van der Waals surface area (Å²) in [4.78, 5) is 37.0. The van der Waals surface area contributed by atoms with Gasteiger partial charge in [0.15, 0.2) is 0 Å². The van der Waals surface area contributed by atoms with Crippen LogP contribution < -0.4 is 21.7 Å². The van der Waals surface area contributed by atoms with Crippen molar-refractivity contribution in [1.29, 1.82) is 0 Å². The fraction of sp³-hybridized carbons (Fsp3) is 0.833. The lowest BCUT2D eigenvalue weighted by atomic mass is 9.92. The van der Waals surface area contributed by atoms with E-state index in [1.165, 1.54) is 7.05 Å². The predicted octanol–water partition coefficient (Wildman–Crippen LogP) is 0.779. The molecular weight excluding hydrogens is 320 g/mol. The van der Waals surface area contributed by atoms with E-state index in [-0.39, 0.29) is 35.5 Å². The van der Waals surface area contributed by atoms with E-state index in [1.807, 2.05) is 34.6 Å². The van der Waals surface area contributed by atoms with Crippen LogP contribution in [0.5, 0.6) is 0 Å². The normalized spacial score (nSPS) is 15.8. The molecule has 0 fully saturated rings. The van der Waals surface area contributed by atoms with E-state index in [0.29, 0.717) is 19.4 Å². The second-order valence-electron chi connectivity index (χ2n) is 7.01. The number of nitrogens with two attached hydrogens (primary N) is 1. The van der Waals surface area contributed by atoms with Crippen molar-refractivity contribution < 1.29 is 14.4 Å². The molecule has 0 saturated carbocycles. The van der Waals surface area contributed by atoms with E-state index in [0.717, 1.165) is 6.42 Å². The summed E-state index contributed by atoms with van der Waals surface area (Å²) >= 11 is 0. The molecule has 0 bridgehead atoms. The minimum absolute atomic E-state index is 0.0899. The minimum Gasteiger partial charge on any atom is -0.357 e. The van der Waals surface area contributed by atoms with Gasteiger partial charge in [0, 0.05) is 13.0 Å². The van der Waals surface area contributed by atoms with Crippen LogP contribution in [0.4, 0.5) is 0 Å². The number of nitrogens with one attached hydrogen (secondary N) is 3. The molecule has 3 amide bonds. The molecule has 7 heteroatoms. The average Bonchev–Trinajstić information content (AvgIpc) is 2.60.